The maximum Gasteiger partial charge on any atom is 0.138 e. The zero-order chi connectivity index (χ0) is 9.14. The Hall–Kier alpha value is -0.370. The summed E-state index contributed by atoms with van der Waals surface area (Å²) in [4.78, 5) is 11.5. The van der Waals surface area contributed by atoms with Gasteiger partial charge in [-0.2, -0.15) is 0 Å². The minimum absolute atomic E-state index is 0.263. The zero-order valence-corrected chi connectivity index (χ0v) is 8.26. The molecule has 0 saturated carbocycles. The topological polar surface area (TPSA) is 29.1 Å². The minimum Gasteiger partial charge on any atom is -0.316 e. The van der Waals surface area contributed by atoms with Crippen molar-refractivity contribution in [1.29, 1.82) is 0 Å². The molecule has 0 aliphatic carbocycles. The van der Waals surface area contributed by atoms with Gasteiger partial charge < -0.3 is 5.32 Å². The SMILES string of the molecule is CC(C)C(C)C1CNCCC1=O. The van der Waals surface area contributed by atoms with Crippen LogP contribution in [0, 0.1) is 17.8 Å². The van der Waals surface area contributed by atoms with Crippen molar-refractivity contribution in [2.24, 2.45) is 17.8 Å². The molecular weight excluding hydrogens is 150 g/mol. The van der Waals surface area contributed by atoms with Crippen molar-refractivity contribution in [3.05, 3.63) is 0 Å². The Morgan fingerprint density at radius 1 is 1.42 bits per heavy atom. The van der Waals surface area contributed by atoms with Crippen LogP contribution in [0.4, 0.5) is 0 Å². The molecule has 1 aliphatic heterocycles. The molecule has 0 aromatic heterocycles. The molecule has 1 aliphatic rings. The summed E-state index contributed by atoms with van der Waals surface area (Å²) in [5.74, 6) is 1.85. The average molecular weight is 169 g/mol. The van der Waals surface area contributed by atoms with Gasteiger partial charge in [0.1, 0.15) is 5.78 Å². The summed E-state index contributed by atoms with van der Waals surface area (Å²) in [6.45, 7) is 8.32. The van der Waals surface area contributed by atoms with Gasteiger partial charge in [0.15, 0.2) is 0 Å². The quantitative estimate of drug-likeness (QED) is 0.678. The fourth-order valence-electron chi connectivity index (χ4n) is 1.71. The number of Topliss-reactive ketones (excluding diaryl/α,β-unsaturated/α-hetero) is 1. The first kappa shape index (κ1) is 9.72. The summed E-state index contributed by atoms with van der Waals surface area (Å²) < 4.78 is 0. The molecule has 1 rings (SSSR count). The Labute approximate surface area is 74.7 Å². The third-order valence-electron chi connectivity index (χ3n) is 3.01. The van der Waals surface area contributed by atoms with E-state index >= 15 is 0 Å². The van der Waals surface area contributed by atoms with Crippen LogP contribution in [0.3, 0.4) is 0 Å². The second-order valence-corrected chi connectivity index (χ2v) is 4.13. The molecule has 0 amide bonds. The zero-order valence-electron chi connectivity index (χ0n) is 8.26. The fraction of sp³-hybridized carbons (Fsp3) is 0.900. The predicted molar refractivity (Wildman–Crippen MR) is 50.0 cm³/mol. The van der Waals surface area contributed by atoms with Crippen LogP contribution in [0.2, 0.25) is 0 Å². The molecule has 0 radical (unpaired) electrons. The molecule has 2 nitrogen and oxygen atoms in total. The predicted octanol–water partition coefficient (Wildman–Crippen LogP) is 1.46. The van der Waals surface area contributed by atoms with Gasteiger partial charge in [-0.3, -0.25) is 4.79 Å². The van der Waals surface area contributed by atoms with Crippen molar-refractivity contribution in [2.45, 2.75) is 27.2 Å². The maximum atomic E-state index is 11.5. The standard InChI is InChI=1S/C10H19NO/c1-7(2)8(3)9-6-11-5-4-10(9)12/h7-9,11H,4-6H2,1-3H3. The van der Waals surface area contributed by atoms with E-state index in [2.05, 4.69) is 26.1 Å². The van der Waals surface area contributed by atoms with Gasteiger partial charge in [0.05, 0.1) is 0 Å². The Morgan fingerprint density at radius 2 is 2.08 bits per heavy atom. The van der Waals surface area contributed by atoms with E-state index in [0.717, 1.165) is 19.5 Å². The summed E-state index contributed by atoms with van der Waals surface area (Å²) in [7, 11) is 0. The molecule has 1 saturated heterocycles. The number of hydrogen-bond donors (Lipinski definition) is 1. The van der Waals surface area contributed by atoms with Crippen LogP contribution < -0.4 is 5.32 Å². The van der Waals surface area contributed by atoms with Crippen LogP contribution in [-0.2, 0) is 4.79 Å². The largest absolute Gasteiger partial charge is 0.316 e. The van der Waals surface area contributed by atoms with Crippen molar-refractivity contribution in [3.63, 3.8) is 0 Å². The van der Waals surface area contributed by atoms with E-state index in [1.165, 1.54) is 0 Å². The van der Waals surface area contributed by atoms with Crippen LogP contribution in [0.25, 0.3) is 0 Å². The van der Waals surface area contributed by atoms with E-state index in [4.69, 9.17) is 0 Å². The summed E-state index contributed by atoms with van der Waals surface area (Å²) >= 11 is 0. The molecular formula is C10H19NO. The second-order valence-electron chi connectivity index (χ2n) is 4.13. The van der Waals surface area contributed by atoms with E-state index in [1.54, 1.807) is 0 Å². The number of carbonyl (C=O) groups is 1. The summed E-state index contributed by atoms with van der Waals surface area (Å²) in [5.41, 5.74) is 0. The Balaban J connectivity index is 2.53. The summed E-state index contributed by atoms with van der Waals surface area (Å²) in [6, 6.07) is 0. The highest BCUT2D eigenvalue weighted by atomic mass is 16.1. The molecule has 1 N–H and O–H groups in total. The van der Waals surface area contributed by atoms with Gasteiger partial charge in [-0.05, 0) is 11.8 Å². The summed E-state index contributed by atoms with van der Waals surface area (Å²) in [5, 5.41) is 3.28. The van der Waals surface area contributed by atoms with Crippen molar-refractivity contribution < 1.29 is 4.79 Å². The smallest absolute Gasteiger partial charge is 0.138 e. The van der Waals surface area contributed by atoms with Gasteiger partial charge in [-0.1, -0.05) is 20.8 Å². The van der Waals surface area contributed by atoms with Gasteiger partial charge in [0.2, 0.25) is 0 Å². The fourth-order valence-corrected chi connectivity index (χ4v) is 1.71. The third-order valence-corrected chi connectivity index (χ3v) is 3.01. The molecule has 0 aromatic carbocycles. The number of rotatable bonds is 2. The number of hydrogen-bond acceptors (Lipinski definition) is 2. The summed E-state index contributed by atoms with van der Waals surface area (Å²) in [6.07, 6.45) is 0.724. The first-order chi connectivity index (χ1) is 5.63. The van der Waals surface area contributed by atoms with E-state index in [-0.39, 0.29) is 5.92 Å². The minimum atomic E-state index is 0.263. The Bertz CT molecular complexity index is 165. The molecule has 2 atom stereocenters. The van der Waals surface area contributed by atoms with Crippen LogP contribution in [-0.4, -0.2) is 18.9 Å². The molecule has 12 heavy (non-hydrogen) atoms. The van der Waals surface area contributed by atoms with E-state index < -0.39 is 0 Å². The Kier molecular flexibility index (Phi) is 3.27. The molecule has 0 aromatic rings. The van der Waals surface area contributed by atoms with E-state index in [0.29, 0.717) is 17.6 Å². The maximum absolute atomic E-state index is 11.5. The lowest BCUT2D eigenvalue weighted by Gasteiger charge is -2.29. The second kappa shape index (κ2) is 4.04. The number of carbonyl (C=O) groups excluding carboxylic acids is 1. The van der Waals surface area contributed by atoms with Crippen LogP contribution in [0.5, 0.6) is 0 Å². The van der Waals surface area contributed by atoms with Crippen LogP contribution in [0.15, 0.2) is 0 Å². The lowest BCUT2D eigenvalue weighted by molar-refractivity contribution is -0.126. The number of piperidine rings is 1. The normalized spacial score (nSPS) is 27.7. The van der Waals surface area contributed by atoms with Gasteiger partial charge >= 0.3 is 0 Å². The van der Waals surface area contributed by atoms with Gasteiger partial charge in [-0.25, -0.2) is 0 Å². The highest BCUT2D eigenvalue weighted by Gasteiger charge is 2.28. The highest BCUT2D eigenvalue weighted by molar-refractivity contribution is 5.82. The molecule has 70 valence electrons. The van der Waals surface area contributed by atoms with Crippen molar-refractivity contribution in [2.75, 3.05) is 13.1 Å². The van der Waals surface area contributed by atoms with E-state index in [1.807, 2.05) is 0 Å². The van der Waals surface area contributed by atoms with Crippen molar-refractivity contribution >= 4 is 5.78 Å². The monoisotopic (exact) mass is 169 g/mol. The third kappa shape index (κ3) is 2.07. The molecule has 0 spiro atoms. The first-order valence-electron chi connectivity index (χ1n) is 4.86. The van der Waals surface area contributed by atoms with Crippen LogP contribution >= 0.6 is 0 Å². The average Bonchev–Trinajstić information content (AvgIpc) is 2.04. The molecule has 0 bridgehead atoms. The van der Waals surface area contributed by atoms with E-state index in [9.17, 15) is 4.79 Å². The highest BCUT2D eigenvalue weighted by Crippen LogP contribution is 2.23. The molecule has 2 heteroatoms. The molecule has 2 unspecified atom stereocenters. The van der Waals surface area contributed by atoms with Gasteiger partial charge in [0, 0.05) is 25.4 Å². The number of nitrogens with one attached hydrogen (secondary N) is 1. The Morgan fingerprint density at radius 3 is 2.58 bits per heavy atom. The first-order valence-corrected chi connectivity index (χ1v) is 4.86. The van der Waals surface area contributed by atoms with Gasteiger partial charge in [-0.15, -0.1) is 0 Å². The molecule has 1 fully saturated rings. The lowest BCUT2D eigenvalue weighted by atomic mass is 9.80. The molecule has 1 heterocycles. The van der Waals surface area contributed by atoms with Gasteiger partial charge in [0.25, 0.3) is 0 Å². The number of ketones is 1. The lowest BCUT2D eigenvalue weighted by Crippen LogP contribution is -2.41. The van der Waals surface area contributed by atoms with Crippen molar-refractivity contribution in [1.82, 2.24) is 5.32 Å². The van der Waals surface area contributed by atoms with Crippen LogP contribution in [0.1, 0.15) is 27.2 Å². The van der Waals surface area contributed by atoms with Crippen molar-refractivity contribution in [3.8, 4) is 0 Å².